The van der Waals surface area contributed by atoms with E-state index in [9.17, 15) is 8.42 Å². The number of methoxy groups -OCH3 is 2. The van der Waals surface area contributed by atoms with Crippen LogP contribution in [0.4, 0.5) is 0 Å². The lowest BCUT2D eigenvalue weighted by molar-refractivity contribution is 0.353. The predicted molar refractivity (Wildman–Crippen MR) is 75.8 cm³/mol. The zero-order chi connectivity index (χ0) is 14.8. The molecule has 1 heterocycles. The Morgan fingerprint density at radius 3 is 2.50 bits per heavy atom. The highest BCUT2D eigenvalue weighted by molar-refractivity contribution is 7.89. The molecule has 1 aromatic rings. The Labute approximate surface area is 119 Å². The van der Waals surface area contributed by atoms with Gasteiger partial charge in [-0.05, 0) is 25.6 Å². The monoisotopic (exact) mass is 300 g/mol. The van der Waals surface area contributed by atoms with Crippen molar-refractivity contribution < 1.29 is 17.9 Å². The molecule has 0 spiro atoms. The van der Waals surface area contributed by atoms with Gasteiger partial charge in [0.15, 0.2) is 11.5 Å². The van der Waals surface area contributed by atoms with E-state index in [4.69, 9.17) is 9.47 Å². The quantitative estimate of drug-likeness (QED) is 0.866. The van der Waals surface area contributed by atoms with Gasteiger partial charge in [-0.3, -0.25) is 0 Å². The fraction of sp³-hybridized carbons (Fsp3) is 0.538. The Balaban J connectivity index is 2.30. The molecule has 2 rings (SSSR count). The third-order valence-corrected chi connectivity index (χ3v) is 5.41. The minimum absolute atomic E-state index is 0.213. The van der Waals surface area contributed by atoms with Crippen molar-refractivity contribution in [1.82, 2.24) is 9.62 Å². The normalized spacial score (nSPS) is 20.1. The van der Waals surface area contributed by atoms with Crippen molar-refractivity contribution in [3.05, 3.63) is 18.2 Å². The summed E-state index contributed by atoms with van der Waals surface area (Å²) in [6, 6.07) is 4.87. The summed E-state index contributed by atoms with van der Waals surface area (Å²) in [7, 11) is 1.37. The molecular weight excluding hydrogens is 280 g/mol. The second kappa shape index (κ2) is 5.99. The summed E-state index contributed by atoms with van der Waals surface area (Å²) in [5.74, 6) is 0.930. The van der Waals surface area contributed by atoms with E-state index in [2.05, 4.69) is 5.32 Å². The van der Waals surface area contributed by atoms with Crippen LogP contribution in [-0.4, -0.2) is 53.1 Å². The Bertz CT molecular complexity index is 574. The van der Waals surface area contributed by atoms with Gasteiger partial charge in [0.2, 0.25) is 10.0 Å². The van der Waals surface area contributed by atoms with Crippen molar-refractivity contribution in [2.24, 2.45) is 0 Å². The van der Waals surface area contributed by atoms with Gasteiger partial charge in [0.05, 0.1) is 19.1 Å². The number of likely N-dealkylation sites (N-methyl/N-ethyl adjacent to an activating group) is 1. The summed E-state index contributed by atoms with van der Waals surface area (Å²) in [5, 5.41) is 3.11. The van der Waals surface area contributed by atoms with E-state index in [1.807, 2.05) is 7.05 Å². The maximum atomic E-state index is 12.6. The molecule has 0 aromatic heterocycles. The van der Waals surface area contributed by atoms with Crippen LogP contribution in [0, 0.1) is 0 Å². The summed E-state index contributed by atoms with van der Waals surface area (Å²) in [4.78, 5) is 0.229. The smallest absolute Gasteiger partial charge is 0.243 e. The second-order valence-electron chi connectivity index (χ2n) is 4.65. The van der Waals surface area contributed by atoms with Crippen LogP contribution >= 0.6 is 0 Å². The minimum Gasteiger partial charge on any atom is -0.493 e. The number of ether oxygens (including phenoxy) is 2. The molecule has 1 fully saturated rings. The Kier molecular flexibility index (Phi) is 4.52. The van der Waals surface area contributed by atoms with Crippen LogP contribution in [-0.2, 0) is 10.0 Å². The number of hydrogen-bond donors (Lipinski definition) is 1. The fourth-order valence-electron chi connectivity index (χ4n) is 2.31. The lowest BCUT2D eigenvalue weighted by Crippen LogP contribution is -2.33. The Morgan fingerprint density at radius 1 is 1.25 bits per heavy atom. The highest BCUT2D eigenvalue weighted by Gasteiger charge is 2.32. The molecule has 1 atom stereocenters. The molecule has 0 radical (unpaired) electrons. The van der Waals surface area contributed by atoms with Gasteiger partial charge in [-0.15, -0.1) is 0 Å². The van der Waals surface area contributed by atoms with Gasteiger partial charge in [-0.2, -0.15) is 4.31 Å². The third-order valence-electron chi connectivity index (χ3n) is 3.55. The number of nitrogens with one attached hydrogen (secondary N) is 1. The number of nitrogens with zero attached hydrogens (tertiary/aromatic N) is 1. The van der Waals surface area contributed by atoms with E-state index in [0.717, 1.165) is 6.42 Å². The highest BCUT2D eigenvalue weighted by atomic mass is 32.2. The van der Waals surface area contributed by atoms with Crippen molar-refractivity contribution in [2.75, 3.05) is 34.4 Å². The lowest BCUT2D eigenvalue weighted by Gasteiger charge is -2.17. The molecule has 1 N–H and O–H groups in total. The van der Waals surface area contributed by atoms with Gasteiger partial charge >= 0.3 is 0 Å². The zero-order valence-corrected chi connectivity index (χ0v) is 12.7. The zero-order valence-electron chi connectivity index (χ0n) is 11.9. The van der Waals surface area contributed by atoms with Crippen molar-refractivity contribution in [3.63, 3.8) is 0 Å². The van der Waals surface area contributed by atoms with Crippen LogP contribution in [0.2, 0.25) is 0 Å². The molecule has 1 saturated heterocycles. The first-order valence-electron chi connectivity index (χ1n) is 6.42. The molecule has 1 aliphatic heterocycles. The molecular formula is C13H20N2O4S. The number of sulfonamides is 1. The average Bonchev–Trinajstić information content (AvgIpc) is 2.96. The van der Waals surface area contributed by atoms with Crippen LogP contribution in [0.25, 0.3) is 0 Å². The second-order valence-corrected chi connectivity index (χ2v) is 6.59. The number of rotatable bonds is 5. The van der Waals surface area contributed by atoms with Crippen molar-refractivity contribution >= 4 is 10.0 Å². The molecule has 0 saturated carbocycles. The van der Waals surface area contributed by atoms with E-state index in [-0.39, 0.29) is 10.9 Å². The SMILES string of the molecule is CNC1CCN(S(=O)(=O)c2ccc(OC)c(OC)c2)C1. The topological polar surface area (TPSA) is 67.9 Å². The van der Waals surface area contributed by atoms with E-state index in [1.165, 1.54) is 24.6 Å². The predicted octanol–water partition coefficient (Wildman–Crippen LogP) is 0.686. The molecule has 1 aliphatic rings. The average molecular weight is 300 g/mol. The first-order valence-corrected chi connectivity index (χ1v) is 7.86. The summed E-state index contributed by atoms with van der Waals surface area (Å²) in [5.41, 5.74) is 0. The van der Waals surface area contributed by atoms with E-state index in [0.29, 0.717) is 24.6 Å². The van der Waals surface area contributed by atoms with E-state index < -0.39 is 10.0 Å². The maximum Gasteiger partial charge on any atom is 0.243 e. The molecule has 1 unspecified atom stereocenters. The molecule has 20 heavy (non-hydrogen) atoms. The van der Waals surface area contributed by atoms with Gasteiger partial charge in [0.25, 0.3) is 0 Å². The summed E-state index contributed by atoms with van der Waals surface area (Å²) < 4.78 is 36.9. The standard InChI is InChI=1S/C13H20N2O4S/c1-14-10-6-7-15(9-10)20(16,17)11-4-5-12(18-2)13(8-11)19-3/h4-5,8,10,14H,6-7,9H2,1-3H3. The molecule has 1 aromatic carbocycles. The first kappa shape index (κ1) is 15.1. The van der Waals surface area contributed by atoms with Gasteiger partial charge in [-0.1, -0.05) is 0 Å². The van der Waals surface area contributed by atoms with Gasteiger partial charge < -0.3 is 14.8 Å². The number of benzene rings is 1. The Hall–Kier alpha value is -1.31. The van der Waals surface area contributed by atoms with Crippen LogP contribution < -0.4 is 14.8 Å². The number of hydrogen-bond acceptors (Lipinski definition) is 5. The van der Waals surface area contributed by atoms with E-state index in [1.54, 1.807) is 12.1 Å². The summed E-state index contributed by atoms with van der Waals surface area (Å²) >= 11 is 0. The molecule has 7 heteroatoms. The van der Waals surface area contributed by atoms with Crippen LogP contribution in [0.15, 0.2) is 23.1 Å². The molecule has 0 aliphatic carbocycles. The third kappa shape index (κ3) is 2.74. The lowest BCUT2D eigenvalue weighted by atomic mass is 10.3. The molecule has 0 amide bonds. The van der Waals surface area contributed by atoms with Gasteiger partial charge in [-0.25, -0.2) is 8.42 Å². The maximum absolute atomic E-state index is 12.6. The van der Waals surface area contributed by atoms with Crippen molar-refractivity contribution in [1.29, 1.82) is 0 Å². The minimum atomic E-state index is -3.48. The Morgan fingerprint density at radius 2 is 1.95 bits per heavy atom. The largest absolute Gasteiger partial charge is 0.493 e. The van der Waals surface area contributed by atoms with Crippen LogP contribution in [0.3, 0.4) is 0 Å². The van der Waals surface area contributed by atoms with E-state index >= 15 is 0 Å². The van der Waals surface area contributed by atoms with Crippen molar-refractivity contribution in [3.8, 4) is 11.5 Å². The highest BCUT2D eigenvalue weighted by Crippen LogP contribution is 2.31. The molecule has 6 nitrogen and oxygen atoms in total. The fourth-order valence-corrected chi connectivity index (χ4v) is 3.82. The van der Waals surface area contributed by atoms with Crippen LogP contribution in [0.5, 0.6) is 11.5 Å². The molecule has 0 bridgehead atoms. The van der Waals surface area contributed by atoms with Gasteiger partial charge in [0, 0.05) is 25.2 Å². The first-order chi connectivity index (χ1) is 9.52. The van der Waals surface area contributed by atoms with Crippen LogP contribution in [0.1, 0.15) is 6.42 Å². The van der Waals surface area contributed by atoms with Gasteiger partial charge in [0.1, 0.15) is 0 Å². The molecule has 112 valence electrons. The summed E-state index contributed by atoms with van der Waals surface area (Å²) in [6.07, 6.45) is 0.822. The van der Waals surface area contributed by atoms with Crippen molar-refractivity contribution in [2.45, 2.75) is 17.4 Å². The summed E-state index contributed by atoms with van der Waals surface area (Å²) in [6.45, 7) is 1.02.